The SMILES string of the molecule is Cc1csc2c(=O)n(CC(=O)O)c(=S)[nH]c12. The van der Waals surface area contributed by atoms with Crippen LogP contribution in [0.15, 0.2) is 10.2 Å². The van der Waals surface area contributed by atoms with Gasteiger partial charge in [0.05, 0.1) is 5.52 Å². The molecule has 0 radical (unpaired) electrons. The average molecular weight is 256 g/mol. The van der Waals surface area contributed by atoms with Gasteiger partial charge in [-0.15, -0.1) is 11.3 Å². The fourth-order valence-electron chi connectivity index (χ4n) is 1.43. The van der Waals surface area contributed by atoms with Gasteiger partial charge < -0.3 is 10.1 Å². The van der Waals surface area contributed by atoms with Crippen molar-refractivity contribution < 1.29 is 9.90 Å². The highest BCUT2D eigenvalue weighted by molar-refractivity contribution is 7.71. The summed E-state index contributed by atoms with van der Waals surface area (Å²) in [5.41, 5.74) is 1.28. The molecule has 0 aliphatic heterocycles. The minimum atomic E-state index is -1.09. The number of rotatable bonds is 2. The Morgan fingerprint density at radius 3 is 3.00 bits per heavy atom. The van der Waals surface area contributed by atoms with E-state index in [2.05, 4.69) is 4.98 Å². The molecule has 0 aliphatic rings. The maximum absolute atomic E-state index is 11.9. The number of hydrogen-bond donors (Lipinski definition) is 2. The lowest BCUT2D eigenvalue weighted by Gasteiger charge is -2.02. The molecule has 0 aliphatic carbocycles. The average Bonchev–Trinajstić information content (AvgIpc) is 2.55. The van der Waals surface area contributed by atoms with Crippen LogP contribution in [0.2, 0.25) is 0 Å². The standard InChI is InChI=1S/C9H8N2O3S2/c1-4-3-16-7-6(4)10-9(15)11(8(7)14)2-5(12)13/h3H,2H2,1H3,(H,10,15)(H,12,13). The van der Waals surface area contributed by atoms with Gasteiger partial charge in [0.1, 0.15) is 11.2 Å². The third-order valence-corrected chi connectivity index (χ3v) is 3.59. The summed E-state index contributed by atoms with van der Waals surface area (Å²) in [6, 6.07) is 0. The van der Waals surface area contributed by atoms with Crippen LogP contribution in [0.5, 0.6) is 0 Å². The van der Waals surface area contributed by atoms with Crippen LogP contribution in [0.1, 0.15) is 5.56 Å². The van der Waals surface area contributed by atoms with Crippen molar-refractivity contribution in [1.29, 1.82) is 0 Å². The number of carboxylic acid groups (broad SMARTS) is 1. The lowest BCUT2D eigenvalue weighted by atomic mass is 10.3. The van der Waals surface area contributed by atoms with Crippen molar-refractivity contribution in [1.82, 2.24) is 9.55 Å². The number of nitrogens with zero attached hydrogens (tertiary/aromatic N) is 1. The second kappa shape index (κ2) is 3.84. The van der Waals surface area contributed by atoms with Gasteiger partial charge in [-0.3, -0.25) is 14.2 Å². The summed E-state index contributed by atoms with van der Waals surface area (Å²) in [7, 11) is 0. The number of aromatic nitrogens is 2. The molecule has 2 aromatic heterocycles. The summed E-state index contributed by atoms with van der Waals surface area (Å²) in [5, 5.41) is 10.5. The number of fused-ring (bicyclic) bond motifs is 1. The number of thiophene rings is 1. The highest BCUT2D eigenvalue weighted by Crippen LogP contribution is 2.19. The van der Waals surface area contributed by atoms with E-state index in [1.807, 2.05) is 12.3 Å². The fourth-order valence-corrected chi connectivity index (χ4v) is 2.63. The Kier molecular flexibility index (Phi) is 2.64. The maximum Gasteiger partial charge on any atom is 0.323 e. The van der Waals surface area contributed by atoms with Crippen LogP contribution >= 0.6 is 23.6 Å². The topological polar surface area (TPSA) is 75.1 Å². The van der Waals surface area contributed by atoms with Crippen molar-refractivity contribution in [3.8, 4) is 0 Å². The number of aliphatic carboxylic acids is 1. The van der Waals surface area contributed by atoms with Crippen LogP contribution in [0.25, 0.3) is 10.2 Å². The second-order valence-corrected chi connectivity index (χ2v) is 4.60. The van der Waals surface area contributed by atoms with E-state index in [-0.39, 0.29) is 10.3 Å². The van der Waals surface area contributed by atoms with Gasteiger partial charge in [-0.25, -0.2) is 0 Å². The summed E-state index contributed by atoms with van der Waals surface area (Å²) in [5.74, 6) is -1.09. The normalized spacial score (nSPS) is 10.8. The van der Waals surface area contributed by atoms with Crippen LogP contribution in [0.4, 0.5) is 0 Å². The number of carbonyl (C=O) groups is 1. The predicted octanol–water partition coefficient (Wildman–Crippen LogP) is 1.51. The largest absolute Gasteiger partial charge is 0.480 e. The smallest absolute Gasteiger partial charge is 0.323 e. The Bertz CT molecular complexity index is 680. The number of nitrogens with one attached hydrogen (secondary N) is 1. The first-order valence-electron chi connectivity index (χ1n) is 4.43. The first-order chi connectivity index (χ1) is 7.50. The molecular formula is C9H8N2O3S2. The predicted molar refractivity (Wildman–Crippen MR) is 63.6 cm³/mol. The summed E-state index contributed by atoms with van der Waals surface area (Å²) in [4.78, 5) is 25.4. The Morgan fingerprint density at radius 2 is 2.38 bits per heavy atom. The number of carboxylic acids is 1. The first-order valence-corrected chi connectivity index (χ1v) is 5.72. The molecule has 0 saturated carbocycles. The van der Waals surface area contributed by atoms with Crippen molar-refractivity contribution in [2.24, 2.45) is 0 Å². The minimum absolute atomic E-state index is 0.140. The summed E-state index contributed by atoms with van der Waals surface area (Å²) in [6.45, 7) is 1.45. The molecule has 0 atom stereocenters. The fraction of sp³-hybridized carbons (Fsp3) is 0.222. The molecule has 7 heteroatoms. The van der Waals surface area contributed by atoms with E-state index in [0.29, 0.717) is 10.2 Å². The molecule has 2 rings (SSSR count). The molecule has 2 heterocycles. The van der Waals surface area contributed by atoms with Gasteiger partial charge in [-0.1, -0.05) is 0 Å². The van der Waals surface area contributed by atoms with Gasteiger partial charge in [-0.2, -0.15) is 0 Å². The van der Waals surface area contributed by atoms with Gasteiger partial charge >= 0.3 is 5.97 Å². The Balaban J connectivity index is 2.82. The zero-order chi connectivity index (χ0) is 11.9. The molecular weight excluding hydrogens is 248 g/mol. The van der Waals surface area contributed by atoms with E-state index in [1.54, 1.807) is 0 Å². The molecule has 0 amide bonds. The van der Waals surface area contributed by atoms with E-state index in [0.717, 1.165) is 10.1 Å². The molecule has 5 nitrogen and oxygen atoms in total. The summed E-state index contributed by atoms with van der Waals surface area (Å²) >= 11 is 6.25. The van der Waals surface area contributed by atoms with Crippen molar-refractivity contribution in [3.63, 3.8) is 0 Å². The minimum Gasteiger partial charge on any atom is -0.480 e. The van der Waals surface area contributed by atoms with E-state index >= 15 is 0 Å². The zero-order valence-corrected chi connectivity index (χ0v) is 9.94. The van der Waals surface area contributed by atoms with Crippen LogP contribution < -0.4 is 5.56 Å². The molecule has 2 aromatic rings. The molecule has 0 unspecified atom stereocenters. The van der Waals surface area contributed by atoms with Crippen LogP contribution in [-0.4, -0.2) is 20.6 Å². The third-order valence-electron chi connectivity index (χ3n) is 2.18. The summed E-state index contributed by atoms with van der Waals surface area (Å²) < 4.78 is 1.70. The Morgan fingerprint density at radius 1 is 1.69 bits per heavy atom. The van der Waals surface area contributed by atoms with Crippen molar-refractivity contribution in [2.75, 3.05) is 0 Å². The highest BCUT2D eigenvalue weighted by Gasteiger charge is 2.11. The van der Waals surface area contributed by atoms with Crippen molar-refractivity contribution >= 4 is 39.7 Å². The van der Waals surface area contributed by atoms with Gasteiger partial charge in [0, 0.05) is 0 Å². The van der Waals surface area contributed by atoms with Gasteiger partial charge in [0.25, 0.3) is 5.56 Å². The van der Waals surface area contributed by atoms with Gasteiger partial charge in [-0.05, 0) is 30.1 Å². The third kappa shape index (κ3) is 1.68. The van der Waals surface area contributed by atoms with Gasteiger partial charge in [0.2, 0.25) is 0 Å². The highest BCUT2D eigenvalue weighted by atomic mass is 32.1. The van der Waals surface area contributed by atoms with Gasteiger partial charge in [0.15, 0.2) is 4.77 Å². The molecule has 0 saturated heterocycles. The molecule has 0 aromatic carbocycles. The quantitative estimate of drug-likeness (QED) is 0.799. The monoisotopic (exact) mass is 256 g/mol. The van der Waals surface area contributed by atoms with E-state index < -0.39 is 12.5 Å². The number of H-pyrrole nitrogens is 1. The maximum atomic E-state index is 11.9. The van der Waals surface area contributed by atoms with Crippen molar-refractivity contribution in [3.05, 3.63) is 26.1 Å². The Hall–Kier alpha value is -1.47. The van der Waals surface area contributed by atoms with Crippen LogP contribution in [0, 0.1) is 11.7 Å². The van der Waals surface area contributed by atoms with E-state index in [1.165, 1.54) is 11.3 Å². The number of hydrogen-bond acceptors (Lipinski definition) is 4. The zero-order valence-electron chi connectivity index (χ0n) is 8.31. The lowest BCUT2D eigenvalue weighted by Crippen LogP contribution is -2.25. The Labute approximate surface area is 99.0 Å². The molecule has 0 fully saturated rings. The van der Waals surface area contributed by atoms with E-state index in [9.17, 15) is 9.59 Å². The lowest BCUT2D eigenvalue weighted by molar-refractivity contribution is -0.137. The molecule has 84 valence electrons. The van der Waals surface area contributed by atoms with Crippen LogP contribution in [0.3, 0.4) is 0 Å². The number of aryl methyl sites for hydroxylation is 1. The number of aromatic amines is 1. The first kappa shape index (κ1) is 11.0. The summed E-state index contributed by atoms with van der Waals surface area (Å²) in [6.07, 6.45) is 0. The molecule has 2 N–H and O–H groups in total. The molecule has 0 spiro atoms. The molecule has 0 bridgehead atoms. The second-order valence-electron chi connectivity index (χ2n) is 3.34. The van der Waals surface area contributed by atoms with Crippen LogP contribution in [-0.2, 0) is 11.3 Å². The molecule has 16 heavy (non-hydrogen) atoms. The van der Waals surface area contributed by atoms with E-state index in [4.69, 9.17) is 17.3 Å². The van der Waals surface area contributed by atoms with Crippen molar-refractivity contribution in [2.45, 2.75) is 13.5 Å².